The summed E-state index contributed by atoms with van der Waals surface area (Å²) in [6.45, 7) is 2.54. The van der Waals surface area contributed by atoms with Crippen LogP contribution in [0.5, 0.6) is 11.5 Å². The van der Waals surface area contributed by atoms with Crippen LogP contribution >= 0.6 is 0 Å². The van der Waals surface area contributed by atoms with Crippen LogP contribution in [0.25, 0.3) is 16.7 Å². The molecule has 194 valence electrons. The average Bonchev–Trinajstić information content (AvgIpc) is 2.97. The number of benzene rings is 2. The molecule has 0 aliphatic carbocycles. The van der Waals surface area contributed by atoms with Crippen molar-refractivity contribution in [2.45, 2.75) is 13.3 Å². The van der Waals surface area contributed by atoms with E-state index in [1.165, 1.54) is 10.8 Å². The van der Waals surface area contributed by atoms with E-state index in [0.717, 1.165) is 6.42 Å². The van der Waals surface area contributed by atoms with E-state index in [1.54, 1.807) is 66.9 Å². The third-order valence-electron chi connectivity index (χ3n) is 5.87. The highest BCUT2D eigenvalue weighted by Crippen LogP contribution is 2.24. The van der Waals surface area contributed by atoms with Crippen LogP contribution in [-0.2, 0) is 0 Å². The summed E-state index contributed by atoms with van der Waals surface area (Å²) in [4.78, 5) is 47.2. The van der Waals surface area contributed by atoms with Crippen LogP contribution in [0.1, 0.15) is 34.2 Å². The largest absolute Gasteiger partial charge is 0.457 e. The molecule has 2 N–H and O–H groups in total. The smallest absolute Gasteiger partial charge is 0.270 e. The molecular weight excluding hydrogens is 494 g/mol. The fourth-order valence-electron chi connectivity index (χ4n) is 3.99. The molecule has 0 fully saturated rings. The quantitative estimate of drug-likeness (QED) is 0.299. The lowest BCUT2D eigenvalue weighted by Gasteiger charge is -2.12. The second kappa shape index (κ2) is 11.4. The van der Waals surface area contributed by atoms with Gasteiger partial charge in [-0.05, 0) is 67.1 Å². The predicted octanol–water partition coefficient (Wildman–Crippen LogP) is 4.97. The molecule has 9 nitrogen and oxygen atoms in total. The van der Waals surface area contributed by atoms with Gasteiger partial charge in [0.05, 0.1) is 5.69 Å². The van der Waals surface area contributed by atoms with Crippen LogP contribution in [0.15, 0.2) is 102 Å². The highest BCUT2D eigenvalue weighted by atomic mass is 16.5. The van der Waals surface area contributed by atoms with Crippen LogP contribution in [-0.4, -0.2) is 32.9 Å². The van der Waals surface area contributed by atoms with Crippen molar-refractivity contribution < 1.29 is 14.3 Å². The second-order valence-corrected chi connectivity index (χ2v) is 8.66. The van der Waals surface area contributed by atoms with E-state index in [0.29, 0.717) is 40.5 Å². The Balaban J connectivity index is 1.35. The van der Waals surface area contributed by atoms with Gasteiger partial charge in [-0.3, -0.25) is 23.9 Å². The molecule has 0 saturated carbocycles. The van der Waals surface area contributed by atoms with Crippen molar-refractivity contribution in [2.24, 2.45) is 0 Å². The Kier molecular flexibility index (Phi) is 7.40. The van der Waals surface area contributed by atoms with Crippen LogP contribution in [0.2, 0.25) is 0 Å². The van der Waals surface area contributed by atoms with E-state index in [4.69, 9.17) is 4.74 Å². The zero-order valence-corrected chi connectivity index (χ0v) is 21.1. The van der Waals surface area contributed by atoms with Crippen LogP contribution in [0.3, 0.4) is 0 Å². The lowest BCUT2D eigenvalue weighted by molar-refractivity contribution is 0.0947. The van der Waals surface area contributed by atoms with Gasteiger partial charge in [-0.2, -0.15) is 0 Å². The van der Waals surface area contributed by atoms with Crippen molar-refractivity contribution in [3.05, 3.63) is 119 Å². The number of nitrogens with one attached hydrogen (secondary N) is 2. The Morgan fingerprint density at radius 3 is 2.41 bits per heavy atom. The third-order valence-corrected chi connectivity index (χ3v) is 5.87. The molecule has 39 heavy (non-hydrogen) atoms. The molecule has 0 atom stereocenters. The number of aromatic nitrogens is 3. The molecule has 5 aromatic rings. The SMILES string of the molecule is CCCNC(=O)c1cc(Oc2ccc(NC(=O)c3cc4cccnc4n(-c4ccccc4)c3=O)cc2)ccn1. The van der Waals surface area contributed by atoms with E-state index in [1.807, 2.05) is 31.2 Å². The van der Waals surface area contributed by atoms with Crippen LogP contribution in [0, 0.1) is 0 Å². The number of pyridine rings is 3. The van der Waals surface area contributed by atoms with E-state index in [-0.39, 0.29) is 17.2 Å². The van der Waals surface area contributed by atoms with E-state index in [9.17, 15) is 14.4 Å². The van der Waals surface area contributed by atoms with E-state index in [2.05, 4.69) is 20.6 Å². The summed E-state index contributed by atoms with van der Waals surface area (Å²) in [5.41, 5.74) is 1.35. The number of hydrogen-bond acceptors (Lipinski definition) is 6. The van der Waals surface area contributed by atoms with Crippen molar-refractivity contribution in [3.8, 4) is 17.2 Å². The Morgan fingerprint density at radius 2 is 1.64 bits per heavy atom. The van der Waals surface area contributed by atoms with Crippen molar-refractivity contribution in [1.29, 1.82) is 0 Å². The number of amides is 2. The topological polar surface area (TPSA) is 115 Å². The number of hydrogen-bond donors (Lipinski definition) is 2. The number of para-hydroxylation sites is 1. The lowest BCUT2D eigenvalue weighted by Crippen LogP contribution is -2.29. The van der Waals surface area contributed by atoms with Crippen LogP contribution < -0.4 is 20.9 Å². The summed E-state index contributed by atoms with van der Waals surface area (Å²) in [6.07, 6.45) is 3.94. The molecule has 5 rings (SSSR count). The standard InChI is InChI=1S/C30H25N5O4/c1-2-15-33-29(37)26-19-24(14-17-31-26)39-23-12-10-21(11-13-23)34-28(36)25-18-20-7-6-16-32-27(20)35(30(25)38)22-8-4-3-5-9-22/h3-14,16-19H,2,15H2,1H3,(H,33,37)(H,34,36). The zero-order valence-electron chi connectivity index (χ0n) is 21.1. The van der Waals surface area contributed by atoms with Gasteiger partial charge in [-0.1, -0.05) is 25.1 Å². The van der Waals surface area contributed by atoms with Gasteiger partial charge in [0.25, 0.3) is 17.4 Å². The van der Waals surface area contributed by atoms with E-state index >= 15 is 0 Å². The minimum absolute atomic E-state index is 0.00894. The molecule has 0 aliphatic heterocycles. The summed E-state index contributed by atoms with van der Waals surface area (Å²) in [5, 5.41) is 6.23. The highest BCUT2D eigenvalue weighted by molar-refractivity contribution is 6.05. The maximum Gasteiger partial charge on any atom is 0.270 e. The summed E-state index contributed by atoms with van der Waals surface area (Å²) in [6, 6.07) is 24.1. The maximum atomic E-state index is 13.4. The third kappa shape index (κ3) is 5.67. The minimum atomic E-state index is -0.541. The van der Waals surface area contributed by atoms with Gasteiger partial charge >= 0.3 is 0 Å². The Bertz CT molecular complexity index is 1700. The number of nitrogens with zero attached hydrogens (tertiary/aromatic N) is 3. The molecule has 0 saturated heterocycles. The van der Waals surface area contributed by atoms with Crippen LogP contribution in [0.4, 0.5) is 5.69 Å². The normalized spacial score (nSPS) is 10.7. The molecular formula is C30H25N5O4. The molecule has 0 bridgehead atoms. The monoisotopic (exact) mass is 519 g/mol. The van der Waals surface area contributed by atoms with Gasteiger partial charge in [0.1, 0.15) is 28.4 Å². The van der Waals surface area contributed by atoms with Gasteiger partial charge in [0.15, 0.2) is 0 Å². The van der Waals surface area contributed by atoms with Crippen molar-refractivity contribution >= 4 is 28.5 Å². The lowest BCUT2D eigenvalue weighted by atomic mass is 10.1. The van der Waals surface area contributed by atoms with E-state index < -0.39 is 11.5 Å². The molecule has 2 aromatic carbocycles. The molecule has 3 heterocycles. The van der Waals surface area contributed by atoms with Gasteiger partial charge in [-0.25, -0.2) is 4.98 Å². The molecule has 0 aliphatic rings. The predicted molar refractivity (Wildman–Crippen MR) is 149 cm³/mol. The first-order valence-electron chi connectivity index (χ1n) is 12.4. The van der Waals surface area contributed by atoms with Crippen molar-refractivity contribution in [3.63, 3.8) is 0 Å². The summed E-state index contributed by atoms with van der Waals surface area (Å²) < 4.78 is 7.29. The molecule has 3 aromatic heterocycles. The van der Waals surface area contributed by atoms with Gasteiger partial charge in [-0.15, -0.1) is 0 Å². The summed E-state index contributed by atoms with van der Waals surface area (Å²) in [7, 11) is 0. The Hall–Kier alpha value is -5.31. The average molecular weight is 520 g/mol. The fourth-order valence-corrected chi connectivity index (χ4v) is 3.99. The first kappa shape index (κ1) is 25.3. The van der Waals surface area contributed by atoms with Gasteiger partial charge in [0, 0.05) is 36.1 Å². The molecule has 0 spiro atoms. The second-order valence-electron chi connectivity index (χ2n) is 8.66. The number of ether oxygens (including phenoxy) is 1. The van der Waals surface area contributed by atoms with Crippen molar-refractivity contribution in [2.75, 3.05) is 11.9 Å². The van der Waals surface area contributed by atoms with Gasteiger partial charge < -0.3 is 15.4 Å². The molecule has 9 heteroatoms. The first-order valence-corrected chi connectivity index (χ1v) is 12.4. The zero-order chi connectivity index (χ0) is 27.2. The number of fused-ring (bicyclic) bond motifs is 1. The number of anilines is 1. The molecule has 0 unspecified atom stereocenters. The highest BCUT2D eigenvalue weighted by Gasteiger charge is 2.18. The maximum absolute atomic E-state index is 13.4. The Labute approximate surface area is 224 Å². The molecule has 0 radical (unpaired) electrons. The number of carbonyl (C=O) groups is 2. The minimum Gasteiger partial charge on any atom is -0.457 e. The summed E-state index contributed by atoms with van der Waals surface area (Å²) in [5.74, 6) is 0.147. The molecule has 2 amide bonds. The number of rotatable bonds is 8. The fraction of sp³-hybridized carbons (Fsp3) is 0.100. The summed E-state index contributed by atoms with van der Waals surface area (Å²) >= 11 is 0. The first-order chi connectivity index (χ1) is 19.0. The van der Waals surface area contributed by atoms with Gasteiger partial charge in [0.2, 0.25) is 0 Å². The van der Waals surface area contributed by atoms with Crippen molar-refractivity contribution in [1.82, 2.24) is 19.9 Å². The Morgan fingerprint density at radius 1 is 0.846 bits per heavy atom. The number of carbonyl (C=O) groups excluding carboxylic acids is 2.